The van der Waals surface area contributed by atoms with Crippen molar-refractivity contribution in [2.45, 2.75) is 6.92 Å². The van der Waals surface area contributed by atoms with Crippen LogP contribution in [0.3, 0.4) is 0 Å². The monoisotopic (exact) mass is 289 g/mol. The molecule has 3 aromatic rings. The third-order valence-corrected chi connectivity index (χ3v) is 4.32. The van der Waals surface area contributed by atoms with Gasteiger partial charge in [-0.15, -0.1) is 0 Å². The van der Waals surface area contributed by atoms with E-state index in [2.05, 4.69) is 60.0 Å². The molecular weight excluding hydrogens is 272 g/mol. The van der Waals surface area contributed by atoms with Crippen molar-refractivity contribution in [1.29, 1.82) is 0 Å². The quantitative estimate of drug-likeness (QED) is 0.632. The lowest BCUT2D eigenvalue weighted by molar-refractivity contribution is -0.400. The van der Waals surface area contributed by atoms with Gasteiger partial charge in [-0.3, -0.25) is 4.68 Å². The summed E-state index contributed by atoms with van der Waals surface area (Å²) in [6, 6.07) is 16.5. The Kier molecular flexibility index (Phi) is 2.73. The van der Waals surface area contributed by atoms with E-state index < -0.39 is 0 Å². The Labute approximate surface area is 129 Å². The predicted octanol–water partition coefficient (Wildman–Crippen LogP) is 3.44. The second kappa shape index (κ2) is 4.63. The maximum absolute atomic E-state index is 4.89. The van der Waals surface area contributed by atoms with Gasteiger partial charge in [-0.2, -0.15) is 9.67 Å². The van der Waals surface area contributed by atoms with Gasteiger partial charge in [0.2, 0.25) is 11.4 Å². The standard InChI is InChI=1S/C18H17N4/c1-12-17(13-8-4-6-10-15(13)21(12)2)19-18-14-9-5-7-11-16(14)22(3)20-18/h4-11H,1-3H3/q+1. The van der Waals surface area contributed by atoms with Gasteiger partial charge in [-0.25, -0.2) is 4.99 Å². The molecule has 0 fully saturated rings. The molecule has 2 heterocycles. The molecule has 0 saturated heterocycles. The highest BCUT2D eigenvalue weighted by molar-refractivity contribution is 6.49. The number of aryl methyl sites for hydroxylation is 1. The molecule has 2 aromatic carbocycles. The highest BCUT2D eigenvalue weighted by Crippen LogP contribution is 2.30. The van der Waals surface area contributed by atoms with Crippen molar-refractivity contribution in [2.24, 2.45) is 12.0 Å². The van der Waals surface area contributed by atoms with Crippen LogP contribution in [-0.2, 0) is 7.05 Å². The molecule has 4 heteroatoms. The molecule has 0 amide bonds. The highest BCUT2D eigenvalue weighted by Gasteiger charge is 2.30. The lowest BCUT2D eigenvalue weighted by atomic mass is 10.1. The SMILES string of the molecule is CC1=[N+](C)c2ccccc2/C1=N/c1nn(C)c2ccccc12. The zero-order valence-corrected chi connectivity index (χ0v) is 12.9. The average Bonchev–Trinajstić information content (AvgIpc) is 2.99. The van der Waals surface area contributed by atoms with Crippen LogP contribution in [0.4, 0.5) is 11.5 Å². The van der Waals surface area contributed by atoms with Gasteiger partial charge in [0, 0.05) is 25.4 Å². The Bertz CT molecular complexity index is 960. The summed E-state index contributed by atoms with van der Waals surface area (Å²) in [6.45, 7) is 2.10. The lowest BCUT2D eigenvalue weighted by Gasteiger charge is -1.95. The van der Waals surface area contributed by atoms with Gasteiger partial charge >= 0.3 is 0 Å². The molecule has 1 aliphatic heterocycles. The summed E-state index contributed by atoms with van der Waals surface area (Å²) in [7, 11) is 4.03. The molecular formula is C18H17N4+. The fraction of sp³-hybridized carbons (Fsp3) is 0.167. The van der Waals surface area contributed by atoms with E-state index in [0.717, 1.165) is 33.7 Å². The van der Waals surface area contributed by atoms with Crippen molar-refractivity contribution < 1.29 is 4.58 Å². The van der Waals surface area contributed by atoms with E-state index in [1.165, 1.54) is 5.69 Å². The summed E-state index contributed by atoms with van der Waals surface area (Å²) in [5, 5.41) is 5.66. The normalized spacial score (nSPS) is 15.9. The number of para-hydroxylation sites is 2. The van der Waals surface area contributed by atoms with E-state index >= 15 is 0 Å². The Morgan fingerprint density at radius 3 is 2.64 bits per heavy atom. The molecule has 0 radical (unpaired) electrons. The summed E-state index contributed by atoms with van der Waals surface area (Å²) in [5.41, 5.74) is 5.60. The summed E-state index contributed by atoms with van der Waals surface area (Å²) >= 11 is 0. The number of nitrogens with zero attached hydrogens (tertiary/aromatic N) is 4. The van der Waals surface area contributed by atoms with Crippen molar-refractivity contribution in [3.8, 4) is 0 Å². The van der Waals surface area contributed by atoms with Crippen molar-refractivity contribution in [3.05, 3.63) is 54.1 Å². The number of rotatable bonds is 1. The van der Waals surface area contributed by atoms with Crippen LogP contribution in [0.1, 0.15) is 12.5 Å². The van der Waals surface area contributed by atoms with Crippen molar-refractivity contribution in [1.82, 2.24) is 9.78 Å². The van der Waals surface area contributed by atoms with Crippen LogP contribution in [0.25, 0.3) is 10.9 Å². The summed E-state index contributed by atoms with van der Waals surface area (Å²) in [5.74, 6) is 0.776. The number of fused-ring (bicyclic) bond motifs is 2. The number of aromatic nitrogens is 2. The fourth-order valence-electron chi connectivity index (χ4n) is 3.03. The van der Waals surface area contributed by atoms with Crippen LogP contribution in [0.15, 0.2) is 53.5 Å². The van der Waals surface area contributed by atoms with E-state index in [-0.39, 0.29) is 0 Å². The van der Waals surface area contributed by atoms with Crippen LogP contribution in [0, 0.1) is 0 Å². The van der Waals surface area contributed by atoms with Crippen molar-refractivity contribution >= 4 is 33.8 Å². The molecule has 0 N–H and O–H groups in total. The first-order chi connectivity index (χ1) is 10.7. The van der Waals surface area contributed by atoms with E-state index in [1.807, 2.05) is 23.9 Å². The Hall–Kier alpha value is -2.75. The fourth-order valence-corrected chi connectivity index (χ4v) is 3.03. The van der Waals surface area contributed by atoms with Crippen LogP contribution in [0.2, 0.25) is 0 Å². The van der Waals surface area contributed by atoms with E-state index in [9.17, 15) is 0 Å². The van der Waals surface area contributed by atoms with E-state index in [1.54, 1.807) is 0 Å². The minimum Gasteiger partial charge on any atom is -0.266 e. The van der Waals surface area contributed by atoms with Crippen LogP contribution in [0.5, 0.6) is 0 Å². The first kappa shape index (κ1) is 13.0. The number of hydrogen-bond acceptors (Lipinski definition) is 2. The first-order valence-corrected chi connectivity index (χ1v) is 7.34. The lowest BCUT2D eigenvalue weighted by Crippen LogP contribution is -2.12. The van der Waals surface area contributed by atoms with Crippen LogP contribution < -0.4 is 0 Å². The smallest absolute Gasteiger partial charge is 0.214 e. The molecule has 22 heavy (non-hydrogen) atoms. The summed E-state index contributed by atoms with van der Waals surface area (Å²) < 4.78 is 4.06. The molecule has 0 saturated carbocycles. The Morgan fingerprint density at radius 1 is 1.05 bits per heavy atom. The van der Waals surface area contributed by atoms with Crippen LogP contribution >= 0.6 is 0 Å². The molecule has 1 aromatic heterocycles. The van der Waals surface area contributed by atoms with Crippen molar-refractivity contribution in [3.63, 3.8) is 0 Å². The number of aliphatic imine (C=N–C) groups is 1. The van der Waals surface area contributed by atoms with Gasteiger partial charge in [0.05, 0.1) is 11.1 Å². The van der Waals surface area contributed by atoms with Gasteiger partial charge in [0.25, 0.3) is 0 Å². The zero-order chi connectivity index (χ0) is 15.3. The number of benzene rings is 2. The molecule has 0 aliphatic carbocycles. The van der Waals surface area contributed by atoms with E-state index in [4.69, 9.17) is 4.99 Å². The molecule has 0 unspecified atom stereocenters. The van der Waals surface area contributed by atoms with Gasteiger partial charge in [0.15, 0.2) is 5.82 Å². The highest BCUT2D eigenvalue weighted by atomic mass is 15.3. The van der Waals surface area contributed by atoms with Gasteiger partial charge in [-0.05, 0) is 18.2 Å². The molecule has 4 nitrogen and oxygen atoms in total. The van der Waals surface area contributed by atoms with Gasteiger partial charge in [-0.1, -0.05) is 24.3 Å². The largest absolute Gasteiger partial charge is 0.266 e. The van der Waals surface area contributed by atoms with Gasteiger partial charge in [0.1, 0.15) is 12.8 Å². The van der Waals surface area contributed by atoms with Crippen LogP contribution in [-0.4, -0.2) is 32.8 Å². The summed E-state index contributed by atoms with van der Waals surface area (Å²) in [6.07, 6.45) is 0. The number of hydrogen-bond donors (Lipinski definition) is 0. The molecule has 0 spiro atoms. The molecule has 1 aliphatic rings. The zero-order valence-electron chi connectivity index (χ0n) is 12.9. The molecule has 0 bridgehead atoms. The molecule has 4 rings (SSSR count). The minimum atomic E-state index is 0.776. The maximum Gasteiger partial charge on any atom is 0.214 e. The molecule has 0 atom stereocenters. The first-order valence-electron chi connectivity index (χ1n) is 7.34. The minimum absolute atomic E-state index is 0.776. The average molecular weight is 289 g/mol. The Balaban J connectivity index is 1.97. The third kappa shape index (κ3) is 1.73. The second-order valence-electron chi connectivity index (χ2n) is 5.59. The van der Waals surface area contributed by atoms with E-state index in [0.29, 0.717) is 0 Å². The third-order valence-electron chi connectivity index (χ3n) is 4.32. The predicted molar refractivity (Wildman–Crippen MR) is 89.9 cm³/mol. The maximum atomic E-state index is 4.89. The van der Waals surface area contributed by atoms with Gasteiger partial charge < -0.3 is 0 Å². The summed E-state index contributed by atoms with van der Waals surface area (Å²) in [4.78, 5) is 4.89. The second-order valence-corrected chi connectivity index (χ2v) is 5.59. The van der Waals surface area contributed by atoms with Crippen molar-refractivity contribution in [2.75, 3.05) is 7.05 Å². The molecule has 108 valence electrons. The Morgan fingerprint density at radius 2 is 1.77 bits per heavy atom. The topological polar surface area (TPSA) is 33.2 Å².